The Kier molecular flexibility index (Phi) is 6.67. The summed E-state index contributed by atoms with van der Waals surface area (Å²) in [5, 5.41) is 9.64. The summed E-state index contributed by atoms with van der Waals surface area (Å²) in [7, 11) is 0. The topological polar surface area (TPSA) is 30.7 Å². The van der Waals surface area contributed by atoms with Crippen molar-refractivity contribution in [2.45, 2.75) is 18.8 Å². The van der Waals surface area contributed by atoms with Gasteiger partial charge in [0.15, 0.2) is 5.82 Å². The Morgan fingerprint density at radius 2 is 1.02 bits per heavy atom. The maximum atomic E-state index is 5.59. The van der Waals surface area contributed by atoms with Gasteiger partial charge in [-0.25, -0.2) is 9.97 Å². The van der Waals surface area contributed by atoms with Crippen molar-refractivity contribution < 1.29 is 0 Å². The molecule has 0 bridgehead atoms. The number of hydrogen-bond donors (Lipinski definition) is 0. The average Bonchev–Trinajstić information content (AvgIpc) is 3.56. The van der Waals surface area contributed by atoms with Crippen molar-refractivity contribution in [2.75, 3.05) is 0 Å². The Morgan fingerprint density at radius 3 is 1.84 bits per heavy atom. The van der Waals surface area contributed by atoms with E-state index in [0.29, 0.717) is 0 Å². The molecule has 0 saturated carbocycles. The summed E-state index contributed by atoms with van der Waals surface area (Å²) < 4.78 is 2.42. The van der Waals surface area contributed by atoms with E-state index in [4.69, 9.17) is 9.97 Å². The molecular formula is C53H35N3. The molecule has 9 aromatic carbocycles. The van der Waals surface area contributed by atoms with Gasteiger partial charge in [-0.15, -0.1) is 0 Å². The Labute approximate surface area is 324 Å². The second-order valence-electron chi connectivity index (χ2n) is 15.3. The van der Waals surface area contributed by atoms with Crippen molar-refractivity contribution in [3.05, 3.63) is 199 Å². The lowest BCUT2D eigenvalue weighted by molar-refractivity contribution is 0.650. The Hall–Kier alpha value is -7.10. The standard InChI is InChI=1S/C53H35N3/c1-32-42-31-50-45(30-43(42)40-23-11-12-24-41(40)51(32)33-15-3-2-4-16-33)44-27-34-17-5-6-18-35(34)29-49(44)56(50)53-52(54-47-25-13-14-26-48(47)55-53)46-28-36-19-7-8-20-37(36)38-21-9-10-22-39(38)46/h2-32,51H,1H3. The zero-order chi connectivity index (χ0) is 36.9. The van der Waals surface area contributed by atoms with Crippen LogP contribution in [0.5, 0.6) is 0 Å². The molecule has 56 heavy (non-hydrogen) atoms. The number of benzene rings is 9. The van der Waals surface area contributed by atoms with Gasteiger partial charge >= 0.3 is 0 Å². The lowest BCUT2D eigenvalue weighted by Gasteiger charge is -2.34. The zero-order valence-electron chi connectivity index (χ0n) is 30.8. The molecule has 262 valence electrons. The van der Waals surface area contributed by atoms with Gasteiger partial charge in [0.05, 0.1) is 22.1 Å². The number of fused-ring (bicyclic) bond motifs is 11. The first kappa shape index (κ1) is 31.3. The molecule has 0 fully saturated rings. The molecule has 2 unspecified atom stereocenters. The number of nitrogens with zero attached hydrogens (tertiary/aromatic N) is 3. The highest BCUT2D eigenvalue weighted by Gasteiger charge is 2.33. The summed E-state index contributed by atoms with van der Waals surface area (Å²) in [5.41, 5.74) is 12.7. The van der Waals surface area contributed by atoms with E-state index in [1.807, 2.05) is 0 Å². The minimum Gasteiger partial charge on any atom is -0.292 e. The van der Waals surface area contributed by atoms with E-state index >= 15 is 0 Å². The predicted octanol–water partition coefficient (Wildman–Crippen LogP) is 13.8. The fourth-order valence-electron chi connectivity index (χ4n) is 9.77. The van der Waals surface area contributed by atoms with E-state index in [-0.39, 0.29) is 11.8 Å². The van der Waals surface area contributed by atoms with Crippen molar-refractivity contribution in [3.8, 4) is 28.2 Å². The van der Waals surface area contributed by atoms with Gasteiger partial charge < -0.3 is 0 Å². The van der Waals surface area contributed by atoms with E-state index in [1.54, 1.807) is 0 Å². The minimum atomic E-state index is 0.234. The predicted molar refractivity (Wildman–Crippen MR) is 234 cm³/mol. The van der Waals surface area contributed by atoms with Gasteiger partial charge in [-0.1, -0.05) is 146 Å². The lowest BCUT2D eigenvalue weighted by atomic mass is 9.69. The zero-order valence-corrected chi connectivity index (χ0v) is 30.8. The van der Waals surface area contributed by atoms with Gasteiger partial charge in [0.2, 0.25) is 0 Å². The van der Waals surface area contributed by atoms with E-state index in [1.165, 1.54) is 65.5 Å². The van der Waals surface area contributed by atoms with Gasteiger partial charge in [-0.2, -0.15) is 0 Å². The first-order valence-electron chi connectivity index (χ1n) is 19.5. The minimum absolute atomic E-state index is 0.234. The molecule has 0 amide bonds. The van der Waals surface area contributed by atoms with E-state index in [9.17, 15) is 0 Å². The average molecular weight is 714 g/mol. The molecule has 1 aliphatic rings. The molecule has 0 N–H and O–H groups in total. The van der Waals surface area contributed by atoms with Crippen LogP contribution in [0.2, 0.25) is 0 Å². The van der Waals surface area contributed by atoms with Crippen LogP contribution in [0, 0.1) is 0 Å². The van der Waals surface area contributed by atoms with Crippen LogP contribution < -0.4 is 0 Å². The van der Waals surface area contributed by atoms with Crippen LogP contribution in [0.15, 0.2) is 182 Å². The van der Waals surface area contributed by atoms with Crippen molar-refractivity contribution >= 4 is 65.2 Å². The number of para-hydroxylation sites is 2. The molecule has 12 rings (SSSR count). The molecule has 1 aliphatic carbocycles. The number of hydrogen-bond acceptors (Lipinski definition) is 2. The third-order valence-electron chi connectivity index (χ3n) is 12.3. The summed E-state index contributed by atoms with van der Waals surface area (Å²) in [6, 6.07) is 66.4. The quantitative estimate of drug-likeness (QED) is 0.171. The molecule has 0 saturated heterocycles. The van der Waals surface area contributed by atoms with Gasteiger partial charge in [0.25, 0.3) is 0 Å². The van der Waals surface area contributed by atoms with Crippen molar-refractivity contribution in [1.82, 2.24) is 14.5 Å². The highest BCUT2D eigenvalue weighted by Crippen LogP contribution is 2.52. The molecular weight excluding hydrogens is 679 g/mol. The molecule has 2 heterocycles. The molecule has 3 heteroatoms. The number of rotatable bonds is 3. The molecule has 3 nitrogen and oxygen atoms in total. The van der Waals surface area contributed by atoms with Crippen LogP contribution in [-0.2, 0) is 0 Å². The van der Waals surface area contributed by atoms with Crippen LogP contribution in [0.1, 0.15) is 35.4 Å². The van der Waals surface area contributed by atoms with Gasteiger partial charge in [-0.3, -0.25) is 4.57 Å². The van der Waals surface area contributed by atoms with Crippen LogP contribution >= 0.6 is 0 Å². The van der Waals surface area contributed by atoms with E-state index in [0.717, 1.165) is 44.5 Å². The Bertz CT molecular complexity index is 3390. The van der Waals surface area contributed by atoms with Crippen molar-refractivity contribution in [2.24, 2.45) is 0 Å². The lowest BCUT2D eigenvalue weighted by Crippen LogP contribution is -2.17. The smallest absolute Gasteiger partial charge is 0.165 e. The monoisotopic (exact) mass is 713 g/mol. The van der Waals surface area contributed by atoms with Crippen LogP contribution in [0.25, 0.3) is 93.4 Å². The van der Waals surface area contributed by atoms with Crippen LogP contribution in [0.3, 0.4) is 0 Å². The fourth-order valence-corrected chi connectivity index (χ4v) is 9.77. The molecule has 2 atom stereocenters. The Balaban J connectivity index is 1.24. The summed E-state index contributed by atoms with van der Waals surface area (Å²) >= 11 is 0. The largest absolute Gasteiger partial charge is 0.292 e. The molecule has 0 aliphatic heterocycles. The normalized spacial score (nSPS) is 15.2. The summed E-state index contributed by atoms with van der Waals surface area (Å²) in [6.45, 7) is 2.40. The third-order valence-corrected chi connectivity index (χ3v) is 12.3. The summed E-state index contributed by atoms with van der Waals surface area (Å²) in [6.07, 6.45) is 0. The fraction of sp³-hybridized carbons (Fsp3) is 0.0566. The molecule has 0 spiro atoms. The first-order chi connectivity index (χ1) is 27.7. The van der Waals surface area contributed by atoms with Gasteiger partial charge in [0, 0.05) is 22.3 Å². The van der Waals surface area contributed by atoms with Crippen molar-refractivity contribution in [3.63, 3.8) is 0 Å². The van der Waals surface area contributed by atoms with E-state index < -0.39 is 0 Å². The second kappa shape index (κ2) is 11.9. The van der Waals surface area contributed by atoms with Crippen LogP contribution in [-0.4, -0.2) is 14.5 Å². The number of aromatic nitrogens is 3. The summed E-state index contributed by atoms with van der Waals surface area (Å²) in [5.74, 6) is 1.31. The maximum absolute atomic E-state index is 5.59. The van der Waals surface area contributed by atoms with Gasteiger partial charge in [-0.05, 0) is 109 Å². The summed E-state index contributed by atoms with van der Waals surface area (Å²) in [4.78, 5) is 11.1. The highest BCUT2D eigenvalue weighted by molar-refractivity contribution is 6.17. The second-order valence-corrected chi connectivity index (χ2v) is 15.3. The molecule has 2 aromatic heterocycles. The maximum Gasteiger partial charge on any atom is 0.165 e. The first-order valence-corrected chi connectivity index (χ1v) is 19.5. The highest BCUT2D eigenvalue weighted by atomic mass is 15.1. The van der Waals surface area contributed by atoms with E-state index in [2.05, 4.69) is 193 Å². The molecule has 0 radical (unpaired) electrons. The van der Waals surface area contributed by atoms with Gasteiger partial charge in [0.1, 0.15) is 5.69 Å². The Morgan fingerprint density at radius 1 is 0.411 bits per heavy atom. The third kappa shape index (κ3) is 4.52. The van der Waals surface area contributed by atoms with Crippen LogP contribution in [0.4, 0.5) is 0 Å². The SMILES string of the molecule is CC1c2cc3c(cc2-c2ccccc2C1c1ccccc1)c1cc2ccccc2cc1n3-c1nc2ccccc2nc1-c1cc2ccccc2c2ccccc12. The van der Waals surface area contributed by atoms with Crippen molar-refractivity contribution in [1.29, 1.82) is 0 Å². The molecule has 11 aromatic rings.